The van der Waals surface area contributed by atoms with E-state index in [1.807, 2.05) is 13.8 Å². The summed E-state index contributed by atoms with van der Waals surface area (Å²) in [5, 5.41) is -0.158. The highest BCUT2D eigenvalue weighted by Crippen LogP contribution is 2.33. The summed E-state index contributed by atoms with van der Waals surface area (Å²) < 4.78 is 38.1. The molecule has 23 heavy (non-hydrogen) atoms. The number of benzene rings is 1. The number of aryl methyl sites for hydroxylation is 1. The van der Waals surface area contributed by atoms with Gasteiger partial charge in [0.2, 0.25) is 0 Å². The second-order valence-electron chi connectivity index (χ2n) is 5.32. The third-order valence-corrected chi connectivity index (χ3v) is 3.83. The van der Waals surface area contributed by atoms with E-state index < -0.39 is 17.8 Å². The van der Waals surface area contributed by atoms with Crippen molar-refractivity contribution in [3.05, 3.63) is 35.0 Å². The van der Waals surface area contributed by atoms with Crippen LogP contribution in [0.25, 0.3) is 10.9 Å². The fraction of sp³-hybridized carbons (Fsp3) is 0.412. The molecule has 1 heterocycles. The summed E-state index contributed by atoms with van der Waals surface area (Å²) in [6.07, 6.45) is 0.0730. The summed E-state index contributed by atoms with van der Waals surface area (Å²) >= 11 is 0. The highest BCUT2D eigenvalue weighted by atomic mass is 19.2. The van der Waals surface area contributed by atoms with Gasteiger partial charge >= 0.3 is 6.16 Å². The minimum atomic E-state index is -1.09. The van der Waals surface area contributed by atoms with Crippen molar-refractivity contribution in [2.75, 3.05) is 0 Å². The molecule has 1 aromatic heterocycles. The molecule has 0 amide bonds. The smallest absolute Gasteiger partial charge is 0.431 e. The Balaban J connectivity index is 2.48. The van der Waals surface area contributed by atoms with Crippen LogP contribution in [0.5, 0.6) is 5.75 Å². The lowest BCUT2D eigenvalue weighted by atomic mass is 10.1. The van der Waals surface area contributed by atoms with E-state index in [0.717, 1.165) is 6.07 Å². The summed E-state index contributed by atoms with van der Waals surface area (Å²) in [6.45, 7) is 7.10. The highest BCUT2D eigenvalue weighted by molar-refractivity contribution is 5.89. The number of rotatable bonds is 4. The lowest BCUT2D eigenvalue weighted by Crippen LogP contribution is -2.20. The predicted molar refractivity (Wildman–Crippen MR) is 82.6 cm³/mol. The topological polar surface area (TPSA) is 48.4 Å². The number of hydrogen-bond acceptors (Lipinski definition) is 4. The van der Waals surface area contributed by atoms with Gasteiger partial charge in [-0.25, -0.2) is 13.6 Å². The Labute approximate surface area is 133 Å². The molecule has 0 aliphatic carbocycles. The van der Waals surface area contributed by atoms with Crippen LogP contribution in [0.3, 0.4) is 0 Å². The summed E-state index contributed by atoms with van der Waals surface area (Å²) in [5.41, 5.74) is 1.25. The Bertz CT molecular complexity index is 742. The van der Waals surface area contributed by atoms with Crippen molar-refractivity contribution < 1.29 is 23.0 Å². The first kappa shape index (κ1) is 17.1. The second-order valence-corrected chi connectivity index (χ2v) is 5.32. The van der Waals surface area contributed by atoms with E-state index >= 15 is 0 Å². The van der Waals surface area contributed by atoms with Gasteiger partial charge in [0.1, 0.15) is 6.10 Å². The van der Waals surface area contributed by atoms with Gasteiger partial charge in [0.25, 0.3) is 0 Å². The fourth-order valence-corrected chi connectivity index (χ4v) is 2.29. The molecule has 2 aromatic rings. The molecule has 0 N–H and O–H groups in total. The van der Waals surface area contributed by atoms with Crippen molar-refractivity contribution in [1.82, 2.24) is 4.98 Å². The van der Waals surface area contributed by atoms with E-state index in [4.69, 9.17) is 9.47 Å². The fourth-order valence-electron chi connectivity index (χ4n) is 2.29. The third-order valence-electron chi connectivity index (χ3n) is 3.83. The predicted octanol–water partition coefficient (Wildman–Crippen LogP) is 4.83. The summed E-state index contributed by atoms with van der Waals surface area (Å²) in [4.78, 5) is 16.2. The number of aromatic nitrogens is 1. The van der Waals surface area contributed by atoms with Gasteiger partial charge in [-0.2, -0.15) is 0 Å². The van der Waals surface area contributed by atoms with Crippen LogP contribution in [0, 0.1) is 25.5 Å². The number of hydrogen-bond donors (Lipinski definition) is 0. The Morgan fingerprint density at radius 2 is 1.87 bits per heavy atom. The van der Waals surface area contributed by atoms with Crippen molar-refractivity contribution >= 4 is 17.1 Å². The van der Waals surface area contributed by atoms with Crippen molar-refractivity contribution in [3.8, 4) is 5.75 Å². The second kappa shape index (κ2) is 6.89. The van der Waals surface area contributed by atoms with E-state index in [9.17, 15) is 13.6 Å². The molecule has 1 aromatic carbocycles. The van der Waals surface area contributed by atoms with Gasteiger partial charge in [0.05, 0.1) is 10.9 Å². The maximum Gasteiger partial charge on any atom is 0.514 e. The van der Waals surface area contributed by atoms with Crippen LogP contribution in [0.2, 0.25) is 0 Å². The molecule has 6 heteroatoms. The molecular formula is C17H19F2NO3. The molecule has 124 valence electrons. The van der Waals surface area contributed by atoms with E-state index in [1.165, 1.54) is 6.07 Å². The zero-order valence-electron chi connectivity index (χ0n) is 13.6. The van der Waals surface area contributed by atoms with Crippen LogP contribution in [0.1, 0.15) is 37.9 Å². The molecule has 0 saturated carbocycles. The van der Waals surface area contributed by atoms with Crippen molar-refractivity contribution in [2.24, 2.45) is 0 Å². The first-order valence-electron chi connectivity index (χ1n) is 7.52. The minimum Gasteiger partial charge on any atom is -0.431 e. The van der Waals surface area contributed by atoms with Crippen LogP contribution in [0.15, 0.2) is 12.1 Å². The van der Waals surface area contributed by atoms with Crippen LogP contribution >= 0.6 is 0 Å². The average Bonchev–Trinajstić information content (AvgIpc) is 2.53. The first-order chi connectivity index (χ1) is 10.9. The average molecular weight is 323 g/mol. The number of ether oxygens (including phenoxy) is 2. The van der Waals surface area contributed by atoms with E-state index in [1.54, 1.807) is 13.8 Å². The standard InChI is InChI=1S/C17H19F2NO3/c1-5-11(6-2)22-17(21)23-16-9(3)10(4)20-13-8-7-12(18)15(19)14(13)16/h7-8,11H,5-6H2,1-4H3. The van der Waals surface area contributed by atoms with E-state index in [-0.39, 0.29) is 22.8 Å². The Morgan fingerprint density at radius 1 is 1.22 bits per heavy atom. The molecule has 0 unspecified atom stereocenters. The summed E-state index contributed by atoms with van der Waals surface area (Å²) in [6, 6.07) is 2.34. The number of carbonyl (C=O) groups is 1. The Kier molecular flexibility index (Phi) is 5.13. The van der Waals surface area contributed by atoms with Gasteiger partial charge in [-0.3, -0.25) is 4.98 Å². The molecule has 2 rings (SSSR count). The molecule has 0 aliphatic rings. The van der Waals surface area contributed by atoms with E-state index in [2.05, 4.69) is 4.98 Å². The van der Waals surface area contributed by atoms with Gasteiger partial charge in [0.15, 0.2) is 17.4 Å². The summed E-state index contributed by atoms with van der Waals surface area (Å²) in [5.74, 6) is -2.18. The third kappa shape index (κ3) is 3.41. The highest BCUT2D eigenvalue weighted by Gasteiger charge is 2.21. The van der Waals surface area contributed by atoms with Crippen molar-refractivity contribution in [1.29, 1.82) is 0 Å². The number of pyridine rings is 1. The van der Waals surface area contributed by atoms with Gasteiger partial charge in [-0.15, -0.1) is 0 Å². The van der Waals surface area contributed by atoms with Gasteiger partial charge in [0, 0.05) is 11.3 Å². The lowest BCUT2D eigenvalue weighted by Gasteiger charge is -2.16. The molecule has 0 fully saturated rings. The maximum absolute atomic E-state index is 14.2. The minimum absolute atomic E-state index is 0.0551. The monoisotopic (exact) mass is 323 g/mol. The van der Waals surface area contributed by atoms with Crippen LogP contribution in [-0.4, -0.2) is 17.2 Å². The number of nitrogens with zero attached hydrogens (tertiary/aromatic N) is 1. The zero-order valence-corrected chi connectivity index (χ0v) is 13.6. The zero-order chi connectivity index (χ0) is 17.1. The molecule has 0 bridgehead atoms. The van der Waals surface area contributed by atoms with Gasteiger partial charge < -0.3 is 9.47 Å². The normalized spacial score (nSPS) is 11.1. The van der Waals surface area contributed by atoms with Crippen LogP contribution < -0.4 is 4.74 Å². The largest absolute Gasteiger partial charge is 0.514 e. The first-order valence-corrected chi connectivity index (χ1v) is 7.52. The molecule has 0 aliphatic heterocycles. The van der Waals surface area contributed by atoms with Crippen LogP contribution in [0.4, 0.5) is 13.6 Å². The Morgan fingerprint density at radius 3 is 2.48 bits per heavy atom. The molecule has 4 nitrogen and oxygen atoms in total. The SMILES string of the molecule is CCC(CC)OC(=O)Oc1c(C)c(C)nc2ccc(F)c(F)c12. The molecule has 0 radical (unpaired) electrons. The van der Waals surface area contributed by atoms with Crippen molar-refractivity contribution in [3.63, 3.8) is 0 Å². The summed E-state index contributed by atoms with van der Waals surface area (Å²) in [7, 11) is 0. The Hall–Kier alpha value is -2.24. The maximum atomic E-state index is 14.2. The number of carbonyl (C=O) groups excluding carboxylic acids is 1. The number of fused-ring (bicyclic) bond motifs is 1. The van der Waals surface area contributed by atoms with E-state index in [0.29, 0.717) is 24.1 Å². The van der Waals surface area contributed by atoms with Gasteiger partial charge in [-0.1, -0.05) is 13.8 Å². The van der Waals surface area contributed by atoms with Crippen LogP contribution in [-0.2, 0) is 4.74 Å². The van der Waals surface area contributed by atoms with Crippen molar-refractivity contribution in [2.45, 2.75) is 46.6 Å². The lowest BCUT2D eigenvalue weighted by molar-refractivity contribution is 0.0551. The molecular weight excluding hydrogens is 304 g/mol. The van der Waals surface area contributed by atoms with Gasteiger partial charge in [-0.05, 0) is 38.8 Å². The molecule has 0 atom stereocenters. The molecule has 0 spiro atoms. The number of halogens is 2. The quantitative estimate of drug-likeness (QED) is 0.756. The molecule has 0 saturated heterocycles.